The van der Waals surface area contributed by atoms with Crippen LogP contribution in [0.5, 0.6) is 0 Å². The minimum atomic E-state index is -0.162. The van der Waals surface area contributed by atoms with Crippen LogP contribution in [0.1, 0.15) is 26.7 Å². The van der Waals surface area contributed by atoms with Gasteiger partial charge < -0.3 is 9.47 Å². The molecule has 0 spiro atoms. The summed E-state index contributed by atoms with van der Waals surface area (Å²) in [5.41, 5.74) is 0. The highest BCUT2D eigenvalue weighted by molar-refractivity contribution is 5.71. The second-order valence-electron chi connectivity index (χ2n) is 4.37. The number of esters is 1. The van der Waals surface area contributed by atoms with Crippen LogP contribution in [0, 0.1) is 0 Å². The van der Waals surface area contributed by atoms with Gasteiger partial charge in [-0.15, -0.1) is 0 Å². The molecule has 1 unspecified atom stereocenters. The lowest BCUT2D eigenvalue weighted by Gasteiger charge is -2.20. The number of hydrogen-bond acceptors (Lipinski definition) is 4. The van der Waals surface area contributed by atoms with Crippen LogP contribution in [0.25, 0.3) is 0 Å². The minimum absolute atomic E-state index is 0.0337. The first kappa shape index (κ1) is 12.5. The third kappa shape index (κ3) is 5.14. The molecule has 0 saturated carbocycles. The number of likely N-dealkylation sites (N-methyl/N-ethyl adjacent to an activating group) is 1. The molecule has 1 atom stereocenters. The Bertz CT molecular complexity index is 200. The van der Waals surface area contributed by atoms with Gasteiger partial charge in [-0.1, -0.05) is 0 Å². The summed E-state index contributed by atoms with van der Waals surface area (Å²) in [5.74, 6) is -0.162. The minimum Gasteiger partial charge on any atom is -0.462 e. The van der Waals surface area contributed by atoms with Crippen LogP contribution in [0.15, 0.2) is 0 Å². The van der Waals surface area contributed by atoms with Gasteiger partial charge in [-0.25, -0.2) is 0 Å². The first-order valence-corrected chi connectivity index (χ1v) is 5.57. The quantitative estimate of drug-likeness (QED) is 0.643. The topological polar surface area (TPSA) is 38.8 Å². The van der Waals surface area contributed by atoms with Crippen LogP contribution in [-0.2, 0) is 14.3 Å². The fourth-order valence-electron chi connectivity index (χ4n) is 1.72. The van der Waals surface area contributed by atoms with E-state index >= 15 is 0 Å². The highest BCUT2D eigenvalue weighted by Gasteiger charge is 2.19. The van der Waals surface area contributed by atoms with Crippen LogP contribution >= 0.6 is 0 Å². The molecule has 0 amide bonds. The zero-order valence-corrected chi connectivity index (χ0v) is 9.86. The predicted octanol–water partition coefficient (Wildman–Crippen LogP) is 1.05. The summed E-state index contributed by atoms with van der Waals surface area (Å²) in [7, 11) is 1.92. The van der Waals surface area contributed by atoms with E-state index < -0.39 is 0 Å². The van der Waals surface area contributed by atoms with E-state index in [2.05, 4.69) is 0 Å². The predicted molar refractivity (Wildman–Crippen MR) is 57.7 cm³/mol. The van der Waals surface area contributed by atoms with Crippen LogP contribution in [0.2, 0.25) is 0 Å². The van der Waals surface area contributed by atoms with Crippen LogP contribution < -0.4 is 0 Å². The normalized spacial score (nSPS) is 21.3. The molecule has 0 aromatic rings. The van der Waals surface area contributed by atoms with Crippen molar-refractivity contribution in [2.24, 2.45) is 0 Å². The highest BCUT2D eigenvalue weighted by Crippen LogP contribution is 2.12. The second kappa shape index (κ2) is 6.08. The van der Waals surface area contributed by atoms with Crippen molar-refractivity contribution < 1.29 is 14.3 Å². The molecule has 1 fully saturated rings. The maximum Gasteiger partial charge on any atom is 0.320 e. The lowest BCUT2D eigenvalue weighted by Crippen LogP contribution is -2.34. The molecular weight excluding hydrogens is 194 g/mol. The van der Waals surface area contributed by atoms with Crippen molar-refractivity contribution in [1.29, 1.82) is 0 Å². The average molecular weight is 215 g/mol. The number of carbonyl (C=O) groups excluding carboxylic acids is 1. The zero-order valence-electron chi connectivity index (χ0n) is 9.86. The Hall–Kier alpha value is -0.610. The van der Waals surface area contributed by atoms with Crippen LogP contribution in [-0.4, -0.2) is 49.8 Å². The van der Waals surface area contributed by atoms with Gasteiger partial charge in [-0.05, 0) is 33.7 Å². The molecule has 0 bridgehead atoms. The third-order valence-electron chi connectivity index (χ3n) is 2.31. The van der Waals surface area contributed by atoms with Gasteiger partial charge in [0.05, 0.1) is 18.8 Å². The van der Waals surface area contributed by atoms with Crippen molar-refractivity contribution in [2.75, 3.05) is 26.7 Å². The molecule has 1 heterocycles. The second-order valence-corrected chi connectivity index (χ2v) is 4.37. The molecule has 0 N–H and O–H groups in total. The molecule has 1 saturated heterocycles. The van der Waals surface area contributed by atoms with Crippen molar-refractivity contribution in [3.05, 3.63) is 0 Å². The van der Waals surface area contributed by atoms with Gasteiger partial charge in [0.2, 0.25) is 0 Å². The molecule has 0 aromatic heterocycles. The first-order valence-electron chi connectivity index (χ1n) is 5.57. The summed E-state index contributed by atoms with van der Waals surface area (Å²) in [6, 6.07) is 0. The van der Waals surface area contributed by atoms with E-state index in [1.807, 2.05) is 25.8 Å². The van der Waals surface area contributed by atoms with Gasteiger partial charge in [-0.2, -0.15) is 0 Å². The lowest BCUT2D eigenvalue weighted by atomic mass is 10.2. The van der Waals surface area contributed by atoms with E-state index in [0.717, 1.165) is 26.0 Å². The Morgan fingerprint density at radius 3 is 2.87 bits per heavy atom. The first-order chi connectivity index (χ1) is 7.08. The molecule has 1 aliphatic rings. The summed E-state index contributed by atoms with van der Waals surface area (Å²) in [5, 5.41) is 0. The summed E-state index contributed by atoms with van der Waals surface area (Å²) in [4.78, 5) is 13.3. The van der Waals surface area contributed by atoms with E-state index in [1.54, 1.807) is 0 Å². The molecule has 88 valence electrons. The standard InChI is InChI=1S/C11H21NO3/c1-9(2)15-11(13)8-12(3)7-10-5-4-6-14-10/h9-10H,4-8H2,1-3H3. The number of ether oxygens (including phenoxy) is 2. The Kier molecular flexibility index (Phi) is 5.05. The number of rotatable bonds is 5. The molecular formula is C11H21NO3. The monoisotopic (exact) mass is 215 g/mol. The third-order valence-corrected chi connectivity index (χ3v) is 2.31. The zero-order chi connectivity index (χ0) is 11.3. The summed E-state index contributed by atoms with van der Waals surface area (Å²) < 4.78 is 10.6. The van der Waals surface area contributed by atoms with Gasteiger partial charge in [0, 0.05) is 13.2 Å². The average Bonchev–Trinajstić information content (AvgIpc) is 2.53. The lowest BCUT2D eigenvalue weighted by molar-refractivity contribution is -0.148. The molecule has 15 heavy (non-hydrogen) atoms. The van der Waals surface area contributed by atoms with Crippen LogP contribution in [0.4, 0.5) is 0 Å². The molecule has 0 aliphatic carbocycles. The Labute approximate surface area is 91.5 Å². The van der Waals surface area contributed by atoms with E-state index in [9.17, 15) is 4.79 Å². The number of nitrogens with zero attached hydrogens (tertiary/aromatic N) is 1. The van der Waals surface area contributed by atoms with E-state index in [4.69, 9.17) is 9.47 Å². The number of hydrogen-bond donors (Lipinski definition) is 0. The van der Waals surface area contributed by atoms with Crippen molar-refractivity contribution in [2.45, 2.75) is 38.9 Å². The Morgan fingerprint density at radius 2 is 2.33 bits per heavy atom. The van der Waals surface area contributed by atoms with Gasteiger partial charge in [-0.3, -0.25) is 9.69 Å². The van der Waals surface area contributed by atoms with E-state index in [-0.39, 0.29) is 12.1 Å². The molecule has 4 nitrogen and oxygen atoms in total. The highest BCUT2D eigenvalue weighted by atomic mass is 16.5. The van der Waals surface area contributed by atoms with Crippen molar-refractivity contribution >= 4 is 5.97 Å². The van der Waals surface area contributed by atoms with E-state index in [1.165, 1.54) is 0 Å². The van der Waals surface area contributed by atoms with Crippen molar-refractivity contribution in [1.82, 2.24) is 4.90 Å². The molecule has 0 aromatic carbocycles. The fourth-order valence-corrected chi connectivity index (χ4v) is 1.72. The van der Waals surface area contributed by atoms with Crippen molar-refractivity contribution in [3.8, 4) is 0 Å². The molecule has 0 radical (unpaired) electrons. The summed E-state index contributed by atoms with van der Waals surface area (Å²) in [6.07, 6.45) is 2.49. The molecule has 1 rings (SSSR count). The SMILES string of the molecule is CC(C)OC(=O)CN(C)CC1CCCO1. The maximum atomic E-state index is 11.3. The fraction of sp³-hybridized carbons (Fsp3) is 0.909. The summed E-state index contributed by atoms with van der Waals surface area (Å²) in [6.45, 7) is 5.73. The molecule has 1 aliphatic heterocycles. The van der Waals surface area contributed by atoms with E-state index in [0.29, 0.717) is 12.6 Å². The Morgan fingerprint density at radius 1 is 1.60 bits per heavy atom. The van der Waals surface area contributed by atoms with Gasteiger partial charge >= 0.3 is 5.97 Å². The molecule has 4 heteroatoms. The Balaban J connectivity index is 2.16. The van der Waals surface area contributed by atoms with Gasteiger partial charge in [0.25, 0.3) is 0 Å². The largest absolute Gasteiger partial charge is 0.462 e. The maximum absolute atomic E-state index is 11.3. The van der Waals surface area contributed by atoms with Crippen LogP contribution in [0.3, 0.4) is 0 Å². The summed E-state index contributed by atoms with van der Waals surface area (Å²) >= 11 is 0. The smallest absolute Gasteiger partial charge is 0.320 e. The van der Waals surface area contributed by atoms with Gasteiger partial charge in [0.15, 0.2) is 0 Å². The number of carbonyl (C=O) groups is 1. The van der Waals surface area contributed by atoms with Crippen molar-refractivity contribution in [3.63, 3.8) is 0 Å². The van der Waals surface area contributed by atoms with Gasteiger partial charge in [0.1, 0.15) is 0 Å².